The van der Waals surface area contributed by atoms with E-state index in [-0.39, 0.29) is 47.0 Å². The van der Waals surface area contributed by atoms with Crippen LogP contribution in [0.4, 0.5) is 0 Å². The molecule has 1 atom stereocenters. The standard InChI is InChI=1S/C20H22Cl2N2O4S/c1-15(28-14-16-6-3-2-4-7-16)20(25)23-10-12-24(13-11-23)29(26,27)18-9-5-8-17(21)19(18)22/h2-9,15H,10-14H2,1H3. The van der Waals surface area contributed by atoms with E-state index in [9.17, 15) is 13.2 Å². The number of piperazine rings is 1. The largest absolute Gasteiger partial charge is 0.364 e. The summed E-state index contributed by atoms with van der Waals surface area (Å²) in [5.41, 5.74) is 0.987. The molecule has 0 bridgehead atoms. The number of benzene rings is 2. The lowest BCUT2D eigenvalue weighted by molar-refractivity contribution is -0.144. The summed E-state index contributed by atoms with van der Waals surface area (Å²) in [4.78, 5) is 14.2. The van der Waals surface area contributed by atoms with Crippen LogP contribution in [0.15, 0.2) is 53.4 Å². The van der Waals surface area contributed by atoms with Crippen LogP contribution in [0.3, 0.4) is 0 Å². The van der Waals surface area contributed by atoms with Crippen molar-refractivity contribution in [3.63, 3.8) is 0 Å². The number of hydrogen-bond donors (Lipinski definition) is 0. The lowest BCUT2D eigenvalue weighted by Crippen LogP contribution is -2.52. The molecule has 1 saturated heterocycles. The second-order valence-electron chi connectivity index (χ2n) is 6.72. The van der Waals surface area contributed by atoms with E-state index >= 15 is 0 Å². The summed E-state index contributed by atoms with van der Waals surface area (Å²) >= 11 is 12.0. The van der Waals surface area contributed by atoms with Crippen molar-refractivity contribution in [1.82, 2.24) is 9.21 Å². The lowest BCUT2D eigenvalue weighted by Gasteiger charge is -2.35. The van der Waals surface area contributed by atoms with Crippen LogP contribution in [-0.4, -0.2) is 55.8 Å². The first-order valence-electron chi connectivity index (χ1n) is 9.19. The van der Waals surface area contributed by atoms with Crippen LogP contribution in [-0.2, 0) is 26.2 Å². The van der Waals surface area contributed by atoms with Crippen LogP contribution < -0.4 is 0 Å². The van der Waals surface area contributed by atoms with Gasteiger partial charge in [-0.15, -0.1) is 0 Å². The van der Waals surface area contributed by atoms with Gasteiger partial charge in [0.2, 0.25) is 10.0 Å². The van der Waals surface area contributed by atoms with Crippen molar-refractivity contribution in [3.8, 4) is 0 Å². The summed E-state index contributed by atoms with van der Waals surface area (Å²) in [7, 11) is -3.78. The van der Waals surface area contributed by atoms with E-state index in [4.69, 9.17) is 27.9 Å². The maximum atomic E-state index is 12.9. The summed E-state index contributed by atoms with van der Waals surface area (Å²) in [5.74, 6) is -0.154. The van der Waals surface area contributed by atoms with E-state index in [1.165, 1.54) is 16.4 Å². The van der Waals surface area contributed by atoms with Crippen molar-refractivity contribution >= 4 is 39.1 Å². The predicted octanol–water partition coefficient (Wildman–Crippen LogP) is 3.43. The molecule has 0 aliphatic carbocycles. The molecule has 1 aliphatic heterocycles. The van der Waals surface area contributed by atoms with E-state index in [1.807, 2.05) is 30.3 Å². The minimum atomic E-state index is -3.78. The lowest BCUT2D eigenvalue weighted by atomic mass is 10.2. The average molecular weight is 457 g/mol. The number of rotatable bonds is 6. The Balaban J connectivity index is 1.58. The van der Waals surface area contributed by atoms with Crippen LogP contribution in [0, 0.1) is 0 Å². The molecule has 29 heavy (non-hydrogen) atoms. The Kier molecular flexibility index (Phi) is 7.19. The molecule has 2 aromatic rings. The highest BCUT2D eigenvalue weighted by Crippen LogP contribution is 2.31. The molecule has 0 aromatic heterocycles. The van der Waals surface area contributed by atoms with Gasteiger partial charge in [-0.25, -0.2) is 8.42 Å². The fourth-order valence-electron chi connectivity index (χ4n) is 3.10. The molecular weight excluding hydrogens is 435 g/mol. The molecule has 3 rings (SSSR count). The normalized spacial score (nSPS) is 16.6. The minimum Gasteiger partial charge on any atom is -0.364 e. The molecule has 0 saturated carbocycles. The maximum absolute atomic E-state index is 12.9. The molecule has 6 nitrogen and oxygen atoms in total. The molecule has 1 aliphatic rings. The Hall–Kier alpha value is -1.64. The number of carbonyl (C=O) groups excluding carboxylic acids is 1. The number of halogens is 2. The molecular formula is C20H22Cl2N2O4S. The predicted molar refractivity (Wildman–Crippen MR) is 112 cm³/mol. The molecule has 0 radical (unpaired) electrons. The Morgan fingerprint density at radius 2 is 1.69 bits per heavy atom. The molecule has 2 aromatic carbocycles. The monoisotopic (exact) mass is 456 g/mol. The fraction of sp³-hybridized carbons (Fsp3) is 0.350. The minimum absolute atomic E-state index is 0.00982. The van der Waals surface area contributed by atoms with Crippen molar-refractivity contribution < 1.29 is 17.9 Å². The fourth-order valence-corrected chi connectivity index (χ4v) is 5.25. The van der Waals surface area contributed by atoms with Crippen LogP contribution in [0.1, 0.15) is 12.5 Å². The topological polar surface area (TPSA) is 66.9 Å². The van der Waals surface area contributed by atoms with Crippen molar-refractivity contribution in [1.29, 1.82) is 0 Å². The summed E-state index contributed by atoms with van der Waals surface area (Å²) in [6.45, 7) is 2.99. The molecule has 1 amide bonds. The molecule has 156 valence electrons. The smallest absolute Gasteiger partial charge is 0.251 e. The van der Waals surface area contributed by atoms with Crippen molar-refractivity contribution in [2.45, 2.75) is 24.5 Å². The number of hydrogen-bond acceptors (Lipinski definition) is 4. The number of carbonyl (C=O) groups is 1. The highest BCUT2D eigenvalue weighted by Gasteiger charge is 2.33. The first-order chi connectivity index (χ1) is 13.8. The van der Waals surface area contributed by atoms with Gasteiger partial charge in [-0.3, -0.25) is 4.79 Å². The van der Waals surface area contributed by atoms with Crippen molar-refractivity contribution in [2.24, 2.45) is 0 Å². The zero-order valence-electron chi connectivity index (χ0n) is 15.9. The summed E-state index contributed by atoms with van der Waals surface area (Å²) in [5, 5.41) is 0.196. The van der Waals surface area contributed by atoms with Gasteiger partial charge in [0.1, 0.15) is 11.0 Å². The first-order valence-corrected chi connectivity index (χ1v) is 11.4. The van der Waals surface area contributed by atoms with E-state index < -0.39 is 16.1 Å². The summed E-state index contributed by atoms with van der Waals surface area (Å²) in [6.07, 6.45) is -0.610. The van der Waals surface area contributed by atoms with Crippen LogP contribution in [0.2, 0.25) is 10.0 Å². The van der Waals surface area contributed by atoms with Gasteiger partial charge in [0, 0.05) is 26.2 Å². The quantitative estimate of drug-likeness (QED) is 0.667. The Bertz CT molecular complexity index is 962. The van der Waals surface area contributed by atoms with Crippen LogP contribution in [0.25, 0.3) is 0 Å². The van der Waals surface area contributed by atoms with Crippen LogP contribution in [0.5, 0.6) is 0 Å². The maximum Gasteiger partial charge on any atom is 0.251 e. The second-order valence-corrected chi connectivity index (χ2v) is 9.41. The first kappa shape index (κ1) is 22.1. The third-order valence-electron chi connectivity index (χ3n) is 4.77. The SMILES string of the molecule is CC(OCc1ccccc1)C(=O)N1CCN(S(=O)(=O)c2cccc(Cl)c2Cl)CC1. The van der Waals surface area contributed by atoms with Gasteiger partial charge >= 0.3 is 0 Å². The molecule has 9 heteroatoms. The zero-order valence-corrected chi connectivity index (χ0v) is 18.3. The van der Waals surface area contributed by atoms with Gasteiger partial charge < -0.3 is 9.64 Å². The Labute approximate surface area is 181 Å². The molecule has 1 fully saturated rings. The number of nitrogens with zero attached hydrogens (tertiary/aromatic N) is 2. The highest BCUT2D eigenvalue weighted by molar-refractivity contribution is 7.89. The van der Waals surface area contributed by atoms with Crippen LogP contribution >= 0.6 is 23.2 Å². The number of amides is 1. The summed E-state index contributed by atoms with van der Waals surface area (Å²) < 4.78 is 32.8. The molecule has 1 unspecified atom stereocenters. The van der Waals surface area contributed by atoms with E-state index in [1.54, 1.807) is 17.9 Å². The number of ether oxygens (including phenoxy) is 1. The third-order valence-corrected chi connectivity index (χ3v) is 7.65. The molecule has 1 heterocycles. The second kappa shape index (κ2) is 9.45. The summed E-state index contributed by atoms with van der Waals surface area (Å²) in [6, 6.07) is 14.1. The zero-order chi connectivity index (χ0) is 21.0. The van der Waals surface area contributed by atoms with E-state index in [2.05, 4.69) is 0 Å². The van der Waals surface area contributed by atoms with Crippen molar-refractivity contribution in [2.75, 3.05) is 26.2 Å². The number of sulfonamides is 1. The van der Waals surface area contributed by atoms with Crippen molar-refractivity contribution in [3.05, 3.63) is 64.1 Å². The van der Waals surface area contributed by atoms with E-state index in [0.29, 0.717) is 6.61 Å². The van der Waals surface area contributed by atoms with Gasteiger partial charge in [-0.05, 0) is 24.6 Å². The Morgan fingerprint density at radius 1 is 1.03 bits per heavy atom. The Morgan fingerprint density at radius 3 is 2.34 bits per heavy atom. The van der Waals surface area contributed by atoms with Gasteiger partial charge in [-0.1, -0.05) is 59.6 Å². The molecule has 0 spiro atoms. The average Bonchev–Trinajstić information content (AvgIpc) is 2.74. The van der Waals surface area contributed by atoms with Gasteiger partial charge in [-0.2, -0.15) is 4.31 Å². The van der Waals surface area contributed by atoms with Gasteiger partial charge in [0.05, 0.1) is 16.7 Å². The van der Waals surface area contributed by atoms with E-state index in [0.717, 1.165) is 5.56 Å². The molecule has 0 N–H and O–H groups in total. The van der Waals surface area contributed by atoms with Gasteiger partial charge in [0.25, 0.3) is 5.91 Å². The van der Waals surface area contributed by atoms with Gasteiger partial charge in [0.15, 0.2) is 0 Å². The third kappa shape index (κ3) is 5.10. The highest BCUT2D eigenvalue weighted by atomic mass is 35.5.